The number of hydrogen-bond donors (Lipinski definition) is 2. The lowest BCUT2D eigenvalue weighted by atomic mass is 9.76. The Labute approximate surface area is 388 Å². The Morgan fingerprint density at radius 2 is 1.92 bits per heavy atom. The third-order valence-corrected chi connectivity index (χ3v) is 16.6. The molecule has 0 unspecified atom stereocenters. The van der Waals surface area contributed by atoms with Crippen LogP contribution in [0.2, 0.25) is 0 Å². The quantitative estimate of drug-likeness (QED) is 0.189. The molecule has 0 radical (unpaired) electrons. The van der Waals surface area contributed by atoms with Crippen molar-refractivity contribution in [1.82, 2.24) is 50.1 Å². The third kappa shape index (κ3) is 7.48. The topological polar surface area (TPSA) is 174 Å². The maximum Gasteiger partial charge on any atom is 0.324 e. The van der Waals surface area contributed by atoms with Gasteiger partial charge in [-0.05, 0) is 93.8 Å². The summed E-state index contributed by atoms with van der Waals surface area (Å²) in [7, 11) is 2.16. The third-order valence-electron chi connectivity index (χ3n) is 15.7. The average Bonchev–Trinajstić information content (AvgIpc) is 3.69. The zero-order valence-corrected chi connectivity index (χ0v) is 38.8. The summed E-state index contributed by atoms with van der Waals surface area (Å²) >= 11 is 1.52. The van der Waals surface area contributed by atoms with Gasteiger partial charge in [0.15, 0.2) is 0 Å². The molecule has 2 amide bonds. The van der Waals surface area contributed by atoms with Crippen molar-refractivity contribution in [2.75, 3.05) is 39.8 Å². The van der Waals surface area contributed by atoms with E-state index in [4.69, 9.17) is 9.72 Å². The summed E-state index contributed by atoms with van der Waals surface area (Å²) in [5.74, 6) is -1.36. The van der Waals surface area contributed by atoms with Crippen molar-refractivity contribution in [3.8, 4) is 28.6 Å². The number of carbonyl (C=O) groups is 3. The SMILES string of the molecule is C[C@@H]1[C@@H](C(=O)N[C@@H]2C(=O)N3CCC[C@H](N3)C(=O)OCC(C)(C)Cc3c(-c4cccnc4)n([C@H]4CC[C@H](C#N)C4)c4ccc(cc34)-c3csc(n3)[C@H]2N2CC3(CCN3C)C2)[C@@H]1c1ccncn1. The maximum absolute atomic E-state index is 15.3. The van der Waals surface area contributed by atoms with Crippen LogP contribution in [0.1, 0.15) is 93.6 Å². The first kappa shape index (κ1) is 43.0. The predicted octanol–water partition coefficient (Wildman–Crippen LogP) is 6.07. The Balaban J connectivity index is 1.05. The highest BCUT2D eigenvalue weighted by Gasteiger charge is 2.58. The van der Waals surface area contributed by atoms with Gasteiger partial charge in [0, 0.05) is 113 Å². The molecule has 4 aliphatic heterocycles. The lowest BCUT2D eigenvalue weighted by Gasteiger charge is -2.63. The number of benzene rings is 1. The highest BCUT2D eigenvalue weighted by molar-refractivity contribution is 7.10. The van der Waals surface area contributed by atoms with Gasteiger partial charge in [0.2, 0.25) is 5.91 Å². The predicted molar refractivity (Wildman–Crippen MR) is 248 cm³/mol. The first-order valence-electron chi connectivity index (χ1n) is 23.6. The van der Waals surface area contributed by atoms with Gasteiger partial charge in [0.1, 0.15) is 23.4 Å². The number of likely N-dealkylation sites (N-methyl/N-ethyl adjacent to an activating group) is 1. The number of amides is 2. The summed E-state index contributed by atoms with van der Waals surface area (Å²) in [5, 5.41) is 18.8. The molecule has 6 aliphatic rings. The van der Waals surface area contributed by atoms with Gasteiger partial charge in [0.25, 0.3) is 5.91 Å². The molecule has 66 heavy (non-hydrogen) atoms. The van der Waals surface area contributed by atoms with Gasteiger partial charge < -0.3 is 14.6 Å². The van der Waals surface area contributed by atoms with E-state index >= 15 is 4.79 Å². The molecule has 5 fully saturated rings. The molecule has 1 aromatic carbocycles. The van der Waals surface area contributed by atoms with Crippen LogP contribution in [0, 0.1) is 34.5 Å². The Kier molecular flexibility index (Phi) is 10.8. The minimum absolute atomic E-state index is 0.0138. The van der Waals surface area contributed by atoms with E-state index in [0.29, 0.717) is 25.8 Å². The van der Waals surface area contributed by atoms with Crippen molar-refractivity contribution in [2.45, 2.75) is 101 Å². The molecule has 16 heteroatoms. The number of rotatable bonds is 6. The van der Waals surface area contributed by atoms with Gasteiger partial charge >= 0.3 is 5.97 Å². The normalized spacial score (nSPS) is 29.7. The van der Waals surface area contributed by atoms with Crippen molar-refractivity contribution in [1.29, 1.82) is 5.26 Å². The largest absolute Gasteiger partial charge is 0.464 e. The van der Waals surface area contributed by atoms with Crippen LogP contribution in [0.25, 0.3) is 33.4 Å². The van der Waals surface area contributed by atoms with Crippen molar-refractivity contribution in [3.63, 3.8) is 0 Å². The molecule has 2 N–H and O–H groups in total. The molecule has 3 saturated heterocycles. The maximum atomic E-state index is 15.3. The number of ether oxygens (including phenoxy) is 1. The van der Waals surface area contributed by atoms with Crippen molar-refractivity contribution < 1.29 is 19.1 Å². The second-order valence-corrected chi connectivity index (χ2v) is 21.5. The monoisotopic (exact) mass is 907 g/mol. The van der Waals surface area contributed by atoms with E-state index in [1.807, 2.05) is 18.3 Å². The molecule has 2 aliphatic carbocycles. The second-order valence-electron chi connectivity index (χ2n) is 20.6. The number of hydrazine groups is 1. The van der Waals surface area contributed by atoms with Crippen LogP contribution >= 0.6 is 11.3 Å². The van der Waals surface area contributed by atoms with E-state index < -0.39 is 29.5 Å². The number of esters is 1. The van der Waals surface area contributed by atoms with Gasteiger partial charge in [-0.25, -0.2) is 20.4 Å². The van der Waals surface area contributed by atoms with Crippen LogP contribution in [0.15, 0.2) is 66.7 Å². The zero-order valence-electron chi connectivity index (χ0n) is 38.0. The van der Waals surface area contributed by atoms with Crippen LogP contribution in [0.5, 0.6) is 0 Å². The molecule has 11 rings (SSSR count). The fourth-order valence-corrected chi connectivity index (χ4v) is 12.8. The number of likely N-dealkylation sites (tertiary alicyclic amines) is 2. The number of aromatic nitrogens is 5. The number of carbonyl (C=O) groups excluding carboxylic acids is 3. The van der Waals surface area contributed by atoms with E-state index in [1.54, 1.807) is 17.4 Å². The van der Waals surface area contributed by atoms with Crippen LogP contribution in [-0.4, -0.2) is 115 Å². The van der Waals surface area contributed by atoms with Crippen molar-refractivity contribution in [3.05, 3.63) is 83.0 Å². The standard InChI is InChI=1S/C50H57N11O4S/c1-29-40(36-13-16-53-28-54-36)41(29)45(62)56-42-44(59-25-50(26-59)14-18-58(50)4)46-55-38(24-66-46)31-10-12-39-34(20-31)35(21-49(2,3)27-65-48(64)37-8-6-17-60(57-37)47(42)63)43(32-7-5-15-52-23-32)61(39)33-11-9-30(19-33)22-51/h5,7,10,12-13,15-16,20,23-24,28-30,33,37,40-42,44,57H,6,8-9,11,14,17-19,21,25-27H2,1-4H3,(H,56,62)/t29-,30-,33-,37-,40-,41+,42-,44-/m0/s1. The molecule has 4 aromatic heterocycles. The summed E-state index contributed by atoms with van der Waals surface area (Å²) in [6, 6.07) is 12.8. The van der Waals surface area contributed by atoms with Crippen LogP contribution in [0.3, 0.4) is 0 Å². The van der Waals surface area contributed by atoms with Gasteiger partial charge in [-0.3, -0.25) is 34.2 Å². The molecule has 2 saturated carbocycles. The number of fused-ring (bicyclic) bond motifs is 6. The Morgan fingerprint density at radius 1 is 1.06 bits per heavy atom. The number of nitriles is 1. The van der Waals surface area contributed by atoms with E-state index in [1.165, 1.54) is 17.7 Å². The fourth-order valence-electron chi connectivity index (χ4n) is 11.8. The summed E-state index contributed by atoms with van der Waals surface area (Å²) < 4.78 is 8.66. The zero-order chi connectivity index (χ0) is 45.5. The first-order valence-corrected chi connectivity index (χ1v) is 24.5. The van der Waals surface area contributed by atoms with Crippen LogP contribution in [0.4, 0.5) is 0 Å². The minimum atomic E-state index is -1.01. The number of nitrogens with zero attached hydrogens (tertiary/aromatic N) is 9. The number of cyclic esters (lactones) is 1. The summed E-state index contributed by atoms with van der Waals surface area (Å²) in [6.07, 6.45) is 12.2. The average molecular weight is 908 g/mol. The molecule has 6 bridgehead atoms. The smallest absolute Gasteiger partial charge is 0.324 e. The fraction of sp³-hybridized carbons (Fsp3) is 0.520. The van der Waals surface area contributed by atoms with E-state index in [9.17, 15) is 14.9 Å². The molecule has 8 atom stereocenters. The summed E-state index contributed by atoms with van der Waals surface area (Å²) in [4.78, 5) is 67.3. The van der Waals surface area contributed by atoms with Gasteiger partial charge in [-0.1, -0.05) is 26.8 Å². The Bertz CT molecular complexity index is 2730. The summed E-state index contributed by atoms with van der Waals surface area (Å²) in [6.45, 7) is 9.32. The van der Waals surface area contributed by atoms with Crippen LogP contribution < -0.4 is 10.7 Å². The Morgan fingerprint density at radius 3 is 2.65 bits per heavy atom. The summed E-state index contributed by atoms with van der Waals surface area (Å²) in [5.41, 5.74) is 9.64. The molecular weight excluding hydrogens is 851 g/mol. The number of pyridine rings is 1. The molecule has 1 spiro atoms. The molecule has 8 heterocycles. The van der Waals surface area contributed by atoms with Crippen molar-refractivity contribution >= 4 is 40.0 Å². The van der Waals surface area contributed by atoms with E-state index in [0.717, 1.165) is 95.0 Å². The van der Waals surface area contributed by atoms with E-state index in [2.05, 4.69) is 104 Å². The number of thiazole rings is 1. The van der Waals surface area contributed by atoms with Crippen molar-refractivity contribution in [2.24, 2.45) is 23.2 Å². The lowest BCUT2D eigenvalue weighted by Crippen LogP contribution is -2.77. The van der Waals surface area contributed by atoms with Gasteiger partial charge in [-0.15, -0.1) is 11.3 Å². The van der Waals surface area contributed by atoms with E-state index in [-0.39, 0.29) is 53.7 Å². The molecule has 5 aromatic rings. The highest BCUT2D eigenvalue weighted by atomic mass is 32.1. The van der Waals surface area contributed by atoms with Gasteiger partial charge in [0.05, 0.1) is 30.1 Å². The molecule has 342 valence electrons. The minimum Gasteiger partial charge on any atom is -0.464 e. The first-order chi connectivity index (χ1) is 31.9. The van der Waals surface area contributed by atoms with Gasteiger partial charge in [-0.2, -0.15) is 5.26 Å². The number of nitrogens with one attached hydrogen (secondary N) is 2. The second kappa shape index (κ2) is 16.6. The number of hydrogen-bond acceptors (Lipinski definition) is 13. The van der Waals surface area contributed by atoms with Crippen LogP contribution in [-0.2, 0) is 25.5 Å². The highest BCUT2D eigenvalue weighted by Crippen LogP contribution is 2.54. The molecular formula is C50H57N11O4S. The Hall–Kier alpha value is -5.60. The molecule has 15 nitrogen and oxygen atoms in total. The lowest BCUT2D eigenvalue weighted by molar-refractivity contribution is -0.159.